The third kappa shape index (κ3) is 4.80. The van der Waals surface area contributed by atoms with Gasteiger partial charge in [-0.1, -0.05) is 0 Å². The maximum atomic E-state index is 3.28. The summed E-state index contributed by atoms with van der Waals surface area (Å²) in [5, 5.41) is 0. The molecule has 0 amide bonds. The Bertz CT molecular complexity index is 85.7. The van der Waals surface area contributed by atoms with Gasteiger partial charge in [0, 0.05) is 0 Å². The molecule has 11 heavy (non-hydrogen) atoms. The summed E-state index contributed by atoms with van der Waals surface area (Å²) in [5.74, 6) is 0. The van der Waals surface area contributed by atoms with Gasteiger partial charge in [-0.3, -0.25) is 0 Å². The fraction of sp³-hybridized carbons (Fsp3) is 1.00. The van der Waals surface area contributed by atoms with E-state index in [-0.39, 0.29) is 0 Å². The van der Waals surface area contributed by atoms with Crippen LogP contribution in [0.3, 0.4) is 0 Å². The van der Waals surface area contributed by atoms with Gasteiger partial charge in [0.05, 0.1) is 0 Å². The zero-order valence-electron chi connectivity index (χ0n) is 6.96. The minimum absolute atomic E-state index is 0.419. The molecule has 0 heterocycles. The minimum atomic E-state index is 0.419. The van der Waals surface area contributed by atoms with E-state index in [1.54, 1.807) is 0 Å². The molecule has 0 atom stereocenters. The topological polar surface area (TPSA) is 12.0 Å². The first-order valence-electron chi connectivity index (χ1n) is 3.78. The third-order valence-electron chi connectivity index (χ3n) is 2.28. The molecule has 0 bridgehead atoms. The molecular formula is C7H15I3N-. The van der Waals surface area contributed by atoms with Crippen LogP contribution in [0.1, 0.15) is 26.7 Å². The van der Waals surface area contributed by atoms with Crippen LogP contribution >= 0.6 is 41.5 Å². The number of hydrogen-bond acceptors (Lipinski definition) is 1. The summed E-state index contributed by atoms with van der Waals surface area (Å²) in [7, 11) is 0. The molecule has 0 radical (unpaired) electrons. The fourth-order valence-corrected chi connectivity index (χ4v) is 7.86. The number of halogens is 3. The molecule has 0 unspecified atom stereocenters. The van der Waals surface area contributed by atoms with E-state index in [0.717, 1.165) is 0 Å². The first kappa shape index (κ1) is 13.2. The van der Waals surface area contributed by atoms with E-state index >= 15 is 0 Å². The average molecular weight is 494 g/mol. The summed E-state index contributed by atoms with van der Waals surface area (Å²) < 4.78 is 4.73. The molecule has 0 aromatic heterocycles. The number of rotatable bonds is 6. The van der Waals surface area contributed by atoms with Crippen molar-refractivity contribution >= 4 is 41.5 Å². The first-order chi connectivity index (χ1) is 5.24. The van der Waals surface area contributed by atoms with Crippen LogP contribution in [-0.2, 0) is 0 Å². The Kier molecular flexibility index (Phi) is 9.02. The van der Waals surface area contributed by atoms with E-state index in [1.807, 2.05) is 0 Å². The third-order valence-corrected chi connectivity index (χ3v) is 6.50. The summed E-state index contributed by atoms with van der Waals surface area (Å²) in [5.41, 5.74) is 0.607. The summed E-state index contributed by atoms with van der Waals surface area (Å²) in [4.78, 5) is 0. The van der Waals surface area contributed by atoms with Crippen molar-refractivity contribution in [1.82, 2.24) is 3.53 Å². The Morgan fingerprint density at radius 3 is 2.18 bits per heavy atom. The molecule has 0 aromatic rings. The van der Waals surface area contributed by atoms with Gasteiger partial charge < -0.3 is 0 Å². The predicted molar refractivity (Wildman–Crippen MR) is 63.9 cm³/mol. The molecule has 0 aliphatic rings. The number of hydrogen-bond donors (Lipinski definition) is 1. The van der Waals surface area contributed by atoms with Crippen LogP contribution in [0, 0.1) is 5.41 Å². The molecule has 0 spiro atoms. The van der Waals surface area contributed by atoms with E-state index in [9.17, 15) is 0 Å². The normalized spacial score (nSPS) is 12.4. The quantitative estimate of drug-likeness (QED) is 0.316. The second kappa shape index (κ2) is 7.54. The Hall–Kier alpha value is 2.15. The fourth-order valence-electron chi connectivity index (χ4n) is 0.985. The van der Waals surface area contributed by atoms with Crippen molar-refractivity contribution in [3.05, 3.63) is 0 Å². The van der Waals surface area contributed by atoms with Crippen molar-refractivity contribution < 1.29 is 17.2 Å². The molecule has 4 heteroatoms. The average Bonchev–Trinajstić information content (AvgIpc) is 2.04. The molecule has 70 valence electrons. The van der Waals surface area contributed by atoms with Crippen LogP contribution in [0.5, 0.6) is 0 Å². The molecule has 1 N–H and O–H groups in total. The Morgan fingerprint density at radius 2 is 1.91 bits per heavy atom. The van der Waals surface area contributed by atoms with Gasteiger partial charge in [-0.25, -0.2) is 0 Å². The van der Waals surface area contributed by atoms with Crippen molar-refractivity contribution in [3.63, 3.8) is 0 Å². The van der Waals surface area contributed by atoms with Gasteiger partial charge >= 0.3 is 105 Å². The van der Waals surface area contributed by atoms with Crippen LogP contribution in [0.2, 0.25) is 0 Å². The molecule has 0 aliphatic carbocycles. The van der Waals surface area contributed by atoms with Crippen LogP contribution in [-0.4, -0.2) is 11.0 Å². The summed E-state index contributed by atoms with van der Waals surface area (Å²) in [6.07, 6.45) is 2.64. The van der Waals surface area contributed by atoms with E-state index in [2.05, 4.69) is 58.9 Å². The Morgan fingerprint density at radius 1 is 1.36 bits per heavy atom. The second-order valence-electron chi connectivity index (χ2n) is 2.75. The van der Waals surface area contributed by atoms with E-state index in [4.69, 9.17) is 0 Å². The van der Waals surface area contributed by atoms with Gasteiger partial charge in [-0.2, -0.15) is 0 Å². The standard InChI is InChI=1S/C7H15I3N/c1-3-7(4-2,5-10-8)6-11-9/h11H,3-6H2,1-2H3/q-1. The van der Waals surface area contributed by atoms with E-state index in [1.165, 1.54) is 23.8 Å². The van der Waals surface area contributed by atoms with Crippen molar-refractivity contribution in [2.75, 3.05) is 11.0 Å². The van der Waals surface area contributed by atoms with Crippen LogP contribution < -0.4 is 20.8 Å². The van der Waals surface area contributed by atoms with E-state index in [0.29, 0.717) is 22.6 Å². The van der Waals surface area contributed by atoms with Gasteiger partial charge in [0.25, 0.3) is 0 Å². The number of nitrogens with one attached hydrogen (secondary N) is 1. The predicted octanol–water partition coefficient (Wildman–Crippen LogP) is 0.171. The second-order valence-corrected chi connectivity index (χ2v) is 8.72. The molecule has 0 aliphatic heterocycles. The first-order valence-corrected chi connectivity index (χ1v) is 12.7. The molecule has 0 aromatic carbocycles. The van der Waals surface area contributed by atoms with Gasteiger partial charge in [-0.05, 0) is 0 Å². The summed E-state index contributed by atoms with van der Waals surface area (Å²) in [6.45, 7) is 5.81. The molecule has 0 fully saturated rings. The van der Waals surface area contributed by atoms with Crippen LogP contribution in [0.25, 0.3) is 0 Å². The summed E-state index contributed by atoms with van der Waals surface area (Å²) in [6, 6.07) is 0. The Labute approximate surface area is 104 Å². The molecule has 1 nitrogen and oxygen atoms in total. The zero-order chi connectivity index (χ0) is 8.74. The van der Waals surface area contributed by atoms with Crippen molar-refractivity contribution in [3.8, 4) is 0 Å². The molecule has 0 rings (SSSR count). The molecule has 0 saturated carbocycles. The van der Waals surface area contributed by atoms with E-state index < -0.39 is 0 Å². The van der Waals surface area contributed by atoms with Crippen LogP contribution in [0.15, 0.2) is 0 Å². The SMILES string of the molecule is CCC(CC)(CNI)C[I-]I. The van der Waals surface area contributed by atoms with Gasteiger partial charge in [0.15, 0.2) is 0 Å². The monoisotopic (exact) mass is 494 g/mol. The summed E-state index contributed by atoms with van der Waals surface area (Å²) >= 11 is 5.26. The molecule has 0 saturated heterocycles. The maximum absolute atomic E-state index is 3.28. The van der Waals surface area contributed by atoms with Crippen molar-refractivity contribution in [2.24, 2.45) is 5.41 Å². The zero-order valence-corrected chi connectivity index (χ0v) is 13.4. The molecular weight excluding hydrogens is 479 g/mol. The van der Waals surface area contributed by atoms with Gasteiger partial charge in [0.2, 0.25) is 0 Å². The van der Waals surface area contributed by atoms with Crippen molar-refractivity contribution in [2.45, 2.75) is 26.7 Å². The van der Waals surface area contributed by atoms with Crippen LogP contribution in [0.4, 0.5) is 0 Å². The Balaban J connectivity index is 3.96. The van der Waals surface area contributed by atoms with Gasteiger partial charge in [-0.15, -0.1) is 0 Å². The van der Waals surface area contributed by atoms with Gasteiger partial charge in [0.1, 0.15) is 0 Å². The van der Waals surface area contributed by atoms with Crippen molar-refractivity contribution in [1.29, 1.82) is 0 Å². The number of alkyl halides is 1.